The van der Waals surface area contributed by atoms with Gasteiger partial charge in [0.25, 0.3) is 0 Å². The Morgan fingerprint density at radius 2 is 1.14 bits per heavy atom. The molecule has 1 fully saturated rings. The normalized spacial score (nSPS) is 18.5. The Morgan fingerprint density at radius 3 is 1.79 bits per heavy atom. The molecular weight excluding hydrogens is 372 g/mol. The molecule has 1 heterocycles. The van der Waals surface area contributed by atoms with E-state index in [9.17, 15) is 0 Å². The molecule has 174 valence electrons. The van der Waals surface area contributed by atoms with Crippen molar-refractivity contribution in [1.29, 1.82) is 0 Å². The van der Waals surface area contributed by atoms with E-state index in [1.807, 2.05) is 6.92 Å². The highest BCUT2D eigenvalue weighted by molar-refractivity contribution is 4.63. The predicted molar refractivity (Wildman–Crippen MR) is 118 cm³/mol. The predicted octanol–water partition coefficient (Wildman–Crippen LogP) is 0.327. The number of nitrogens with zero attached hydrogens (tertiary/aromatic N) is 1. The minimum absolute atomic E-state index is 0.611. The Bertz CT molecular complexity index is 313. The molecule has 0 unspecified atom stereocenters. The van der Waals surface area contributed by atoms with Crippen LogP contribution in [0.1, 0.15) is 26.2 Å². The van der Waals surface area contributed by atoms with Gasteiger partial charge in [0.1, 0.15) is 0 Å². The fourth-order valence-electron chi connectivity index (χ4n) is 3.08. The molecule has 8 heteroatoms. The molecule has 0 bridgehead atoms. The molecule has 0 aromatic carbocycles. The second kappa shape index (κ2) is 22.4. The molecule has 29 heavy (non-hydrogen) atoms. The van der Waals surface area contributed by atoms with Gasteiger partial charge in [0.2, 0.25) is 0 Å². The summed E-state index contributed by atoms with van der Waals surface area (Å²) < 4.78 is 21.8. The first-order valence-corrected chi connectivity index (χ1v) is 11.6. The smallest absolute Gasteiger partial charge is 0.0701 e. The second-order valence-corrected chi connectivity index (χ2v) is 7.19. The van der Waals surface area contributed by atoms with Crippen LogP contribution in [0.2, 0.25) is 0 Å². The van der Waals surface area contributed by atoms with Crippen LogP contribution in [-0.2, 0) is 18.9 Å². The van der Waals surface area contributed by atoms with Crippen LogP contribution in [0.3, 0.4) is 0 Å². The van der Waals surface area contributed by atoms with Crippen LogP contribution in [-0.4, -0.2) is 117 Å². The van der Waals surface area contributed by atoms with Gasteiger partial charge in [-0.25, -0.2) is 0 Å². The quantitative estimate of drug-likeness (QED) is 0.349. The van der Waals surface area contributed by atoms with Gasteiger partial charge in [-0.1, -0.05) is 0 Å². The SMILES string of the molecule is CCOCCOCCOCCOCCCN1CCCNCCNCCCNCC1. The summed E-state index contributed by atoms with van der Waals surface area (Å²) >= 11 is 0. The molecule has 0 spiro atoms. The monoisotopic (exact) mass is 418 g/mol. The number of ether oxygens (including phenoxy) is 4. The summed E-state index contributed by atoms with van der Waals surface area (Å²) in [7, 11) is 0. The molecule has 3 N–H and O–H groups in total. The zero-order valence-electron chi connectivity index (χ0n) is 18.7. The minimum atomic E-state index is 0.611. The maximum Gasteiger partial charge on any atom is 0.0701 e. The van der Waals surface area contributed by atoms with E-state index in [0.29, 0.717) is 39.6 Å². The van der Waals surface area contributed by atoms with Gasteiger partial charge in [-0.3, -0.25) is 0 Å². The van der Waals surface area contributed by atoms with Crippen molar-refractivity contribution in [3.8, 4) is 0 Å². The van der Waals surface area contributed by atoms with E-state index in [1.54, 1.807) is 0 Å². The molecule has 0 atom stereocenters. The molecule has 0 radical (unpaired) electrons. The number of hydrogen-bond acceptors (Lipinski definition) is 8. The van der Waals surface area contributed by atoms with Gasteiger partial charge in [0, 0.05) is 45.9 Å². The number of rotatable bonds is 14. The summed E-state index contributed by atoms with van der Waals surface area (Å²) in [5.41, 5.74) is 0. The lowest BCUT2D eigenvalue weighted by Crippen LogP contribution is -2.37. The molecular formula is C21H46N4O4. The van der Waals surface area contributed by atoms with Crippen molar-refractivity contribution in [3.05, 3.63) is 0 Å². The van der Waals surface area contributed by atoms with Gasteiger partial charge >= 0.3 is 0 Å². The van der Waals surface area contributed by atoms with E-state index in [4.69, 9.17) is 18.9 Å². The zero-order valence-corrected chi connectivity index (χ0v) is 18.7. The third-order valence-electron chi connectivity index (χ3n) is 4.70. The van der Waals surface area contributed by atoms with Crippen LogP contribution in [0.15, 0.2) is 0 Å². The van der Waals surface area contributed by atoms with Crippen LogP contribution in [0, 0.1) is 0 Å². The maximum absolute atomic E-state index is 5.70. The van der Waals surface area contributed by atoms with Crippen molar-refractivity contribution in [2.75, 3.05) is 112 Å². The van der Waals surface area contributed by atoms with E-state index >= 15 is 0 Å². The molecule has 8 nitrogen and oxygen atoms in total. The average Bonchev–Trinajstić information content (AvgIpc) is 2.73. The van der Waals surface area contributed by atoms with Crippen LogP contribution in [0.4, 0.5) is 0 Å². The number of hydrogen-bond donors (Lipinski definition) is 3. The highest BCUT2D eigenvalue weighted by Crippen LogP contribution is 1.95. The van der Waals surface area contributed by atoms with E-state index in [1.165, 1.54) is 12.8 Å². The third kappa shape index (κ3) is 19.4. The Labute approximate surface area is 178 Å². The molecule has 0 amide bonds. The first kappa shape index (κ1) is 26.7. The van der Waals surface area contributed by atoms with Crippen LogP contribution in [0.5, 0.6) is 0 Å². The van der Waals surface area contributed by atoms with Gasteiger partial charge in [-0.05, 0) is 52.4 Å². The van der Waals surface area contributed by atoms with Crippen LogP contribution < -0.4 is 16.0 Å². The summed E-state index contributed by atoms with van der Waals surface area (Å²) in [5, 5.41) is 10.5. The first-order valence-electron chi connectivity index (χ1n) is 11.6. The van der Waals surface area contributed by atoms with Crippen molar-refractivity contribution in [2.24, 2.45) is 0 Å². The number of nitrogens with one attached hydrogen (secondary N) is 3. The van der Waals surface area contributed by atoms with Crippen LogP contribution in [0.25, 0.3) is 0 Å². The van der Waals surface area contributed by atoms with E-state index in [-0.39, 0.29) is 0 Å². The van der Waals surface area contributed by atoms with Crippen molar-refractivity contribution in [2.45, 2.75) is 26.2 Å². The average molecular weight is 419 g/mol. The molecule has 0 aromatic heterocycles. The lowest BCUT2D eigenvalue weighted by atomic mass is 10.3. The third-order valence-corrected chi connectivity index (χ3v) is 4.70. The lowest BCUT2D eigenvalue weighted by Gasteiger charge is -2.23. The standard InChI is InChI=1S/C21H46N4O4/c1-2-26-16-17-28-20-21-29-19-18-27-15-5-13-25-12-4-8-23-10-9-22-6-3-7-24-11-14-25/h22-24H,2-21H2,1H3. The molecule has 1 saturated heterocycles. The highest BCUT2D eigenvalue weighted by Gasteiger charge is 2.05. The van der Waals surface area contributed by atoms with Gasteiger partial charge < -0.3 is 39.8 Å². The fourth-order valence-corrected chi connectivity index (χ4v) is 3.08. The zero-order chi connectivity index (χ0) is 20.7. The van der Waals surface area contributed by atoms with Crippen LogP contribution >= 0.6 is 0 Å². The molecule has 0 saturated carbocycles. The van der Waals surface area contributed by atoms with Crippen molar-refractivity contribution < 1.29 is 18.9 Å². The second-order valence-electron chi connectivity index (χ2n) is 7.19. The summed E-state index contributed by atoms with van der Waals surface area (Å²) in [6.07, 6.45) is 3.45. The lowest BCUT2D eigenvalue weighted by molar-refractivity contribution is -0.00128. The largest absolute Gasteiger partial charge is 0.379 e. The molecule has 1 rings (SSSR count). The molecule has 0 aromatic rings. The minimum Gasteiger partial charge on any atom is -0.379 e. The fraction of sp³-hybridized carbons (Fsp3) is 1.00. The summed E-state index contributed by atoms with van der Waals surface area (Å²) in [6.45, 7) is 17.1. The van der Waals surface area contributed by atoms with Gasteiger partial charge in [-0.15, -0.1) is 0 Å². The van der Waals surface area contributed by atoms with Crippen molar-refractivity contribution in [1.82, 2.24) is 20.9 Å². The Balaban J connectivity index is 1.94. The van der Waals surface area contributed by atoms with E-state index in [2.05, 4.69) is 20.9 Å². The maximum atomic E-state index is 5.70. The van der Waals surface area contributed by atoms with Gasteiger partial charge in [-0.2, -0.15) is 0 Å². The first-order chi connectivity index (χ1) is 14.4. The highest BCUT2D eigenvalue weighted by atomic mass is 16.6. The Hall–Kier alpha value is -0.320. The van der Waals surface area contributed by atoms with Gasteiger partial charge in [0.05, 0.1) is 39.6 Å². The van der Waals surface area contributed by atoms with Crippen molar-refractivity contribution >= 4 is 0 Å². The molecule has 1 aliphatic heterocycles. The Morgan fingerprint density at radius 1 is 0.586 bits per heavy atom. The van der Waals surface area contributed by atoms with Gasteiger partial charge in [0.15, 0.2) is 0 Å². The summed E-state index contributed by atoms with van der Waals surface area (Å²) in [5.74, 6) is 0. The van der Waals surface area contributed by atoms with E-state index < -0.39 is 0 Å². The Kier molecular flexibility index (Phi) is 20.6. The summed E-state index contributed by atoms with van der Waals surface area (Å²) in [6, 6.07) is 0. The summed E-state index contributed by atoms with van der Waals surface area (Å²) in [4.78, 5) is 2.55. The molecule has 0 aliphatic carbocycles. The van der Waals surface area contributed by atoms with Crippen molar-refractivity contribution in [3.63, 3.8) is 0 Å². The molecule has 1 aliphatic rings. The van der Waals surface area contributed by atoms with E-state index in [0.717, 1.165) is 78.5 Å². The topological polar surface area (TPSA) is 76.2 Å².